The van der Waals surface area contributed by atoms with E-state index in [1.165, 1.54) is 6.07 Å². The van der Waals surface area contributed by atoms with Crippen LogP contribution in [0.4, 0.5) is 0 Å². The van der Waals surface area contributed by atoms with Crippen LogP contribution in [0.1, 0.15) is 35.3 Å². The summed E-state index contributed by atoms with van der Waals surface area (Å²) in [6, 6.07) is 11.6. The topological polar surface area (TPSA) is 57.5 Å². The summed E-state index contributed by atoms with van der Waals surface area (Å²) < 4.78 is 0. The number of allylic oxidation sites excluding steroid dienone is 2. The van der Waals surface area contributed by atoms with Crippen molar-refractivity contribution in [2.75, 3.05) is 0 Å². The van der Waals surface area contributed by atoms with Gasteiger partial charge in [0.05, 0.1) is 5.56 Å². The quantitative estimate of drug-likeness (QED) is 0.661. The molecule has 2 aromatic rings. The number of ketones is 1. The summed E-state index contributed by atoms with van der Waals surface area (Å²) in [6.07, 6.45) is 2.48. The third-order valence-corrected chi connectivity index (χ3v) is 3.21. The lowest BCUT2D eigenvalue weighted by Gasteiger charge is -2.09. The Morgan fingerprint density at radius 1 is 1.05 bits per heavy atom. The van der Waals surface area contributed by atoms with Gasteiger partial charge < -0.3 is 10.2 Å². The predicted molar refractivity (Wildman–Crippen MR) is 82.8 cm³/mol. The van der Waals surface area contributed by atoms with Gasteiger partial charge in [0, 0.05) is 11.6 Å². The van der Waals surface area contributed by atoms with Gasteiger partial charge in [0.25, 0.3) is 0 Å². The van der Waals surface area contributed by atoms with E-state index in [0.29, 0.717) is 17.5 Å². The minimum atomic E-state index is -0.258. The number of aromatic hydroxyl groups is 2. The maximum absolute atomic E-state index is 12.4. The molecule has 0 aromatic heterocycles. The van der Waals surface area contributed by atoms with Crippen molar-refractivity contribution in [3.8, 4) is 11.5 Å². The van der Waals surface area contributed by atoms with Crippen molar-refractivity contribution < 1.29 is 15.0 Å². The fourth-order valence-electron chi connectivity index (χ4n) is 2.03. The molecule has 0 aliphatic rings. The Kier molecular flexibility index (Phi) is 4.43. The molecule has 0 aliphatic heterocycles. The Hall–Kier alpha value is -2.55. The normalized spacial score (nSPS) is 10.2. The van der Waals surface area contributed by atoms with Gasteiger partial charge in [-0.1, -0.05) is 42.0 Å². The largest absolute Gasteiger partial charge is 0.508 e. The first-order valence-corrected chi connectivity index (χ1v) is 6.77. The second kappa shape index (κ2) is 6.27. The number of rotatable bonds is 4. The van der Waals surface area contributed by atoms with Gasteiger partial charge in [-0.15, -0.1) is 0 Å². The summed E-state index contributed by atoms with van der Waals surface area (Å²) >= 11 is 0. The van der Waals surface area contributed by atoms with E-state index in [1.807, 2.05) is 26.0 Å². The molecule has 0 atom stereocenters. The summed E-state index contributed by atoms with van der Waals surface area (Å²) in [7, 11) is 0. The van der Waals surface area contributed by atoms with E-state index in [4.69, 9.17) is 0 Å². The van der Waals surface area contributed by atoms with E-state index in [0.717, 1.165) is 5.57 Å². The van der Waals surface area contributed by atoms with Crippen molar-refractivity contribution in [1.82, 2.24) is 0 Å². The standard InChI is InChI=1S/C18H18O3/c1-12(2)8-9-14-10-15(17(20)11-16(14)19)18(21)13-6-4-3-5-7-13/h3-8,10-11,19-20H,9H2,1-2H3. The number of benzene rings is 2. The highest BCUT2D eigenvalue weighted by molar-refractivity contribution is 6.10. The number of phenols is 2. The highest BCUT2D eigenvalue weighted by atomic mass is 16.3. The fraction of sp³-hybridized carbons (Fsp3) is 0.167. The van der Waals surface area contributed by atoms with Gasteiger partial charge in [-0.3, -0.25) is 4.79 Å². The molecular weight excluding hydrogens is 264 g/mol. The van der Waals surface area contributed by atoms with Gasteiger partial charge in [-0.25, -0.2) is 0 Å². The van der Waals surface area contributed by atoms with Gasteiger partial charge >= 0.3 is 0 Å². The molecule has 2 aromatic carbocycles. The number of carbonyl (C=O) groups is 1. The Labute approximate surface area is 124 Å². The molecular formula is C18H18O3. The van der Waals surface area contributed by atoms with Crippen molar-refractivity contribution in [2.45, 2.75) is 20.3 Å². The molecule has 0 aliphatic carbocycles. The van der Waals surface area contributed by atoms with Crippen molar-refractivity contribution in [3.05, 3.63) is 70.8 Å². The lowest BCUT2D eigenvalue weighted by Crippen LogP contribution is -2.02. The zero-order chi connectivity index (χ0) is 15.4. The van der Waals surface area contributed by atoms with Crippen LogP contribution in [-0.2, 0) is 6.42 Å². The first-order chi connectivity index (χ1) is 9.99. The first kappa shape index (κ1) is 14.9. The van der Waals surface area contributed by atoms with Crippen molar-refractivity contribution >= 4 is 5.78 Å². The van der Waals surface area contributed by atoms with Crippen molar-refractivity contribution in [2.24, 2.45) is 0 Å². The molecule has 3 heteroatoms. The molecule has 0 heterocycles. The summed E-state index contributed by atoms with van der Waals surface area (Å²) in [5, 5.41) is 19.8. The van der Waals surface area contributed by atoms with Crippen LogP contribution in [0, 0.1) is 0 Å². The Morgan fingerprint density at radius 3 is 2.33 bits per heavy atom. The van der Waals surface area contributed by atoms with Gasteiger partial charge in [-0.05, 0) is 31.9 Å². The minimum absolute atomic E-state index is 0.00499. The van der Waals surface area contributed by atoms with Gasteiger partial charge in [0.15, 0.2) is 5.78 Å². The smallest absolute Gasteiger partial charge is 0.196 e. The highest BCUT2D eigenvalue weighted by Gasteiger charge is 2.16. The van der Waals surface area contributed by atoms with Crippen molar-refractivity contribution in [3.63, 3.8) is 0 Å². The molecule has 0 unspecified atom stereocenters. The molecule has 108 valence electrons. The van der Waals surface area contributed by atoms with E-state index >= 15 is 0 Å². The second-order valence-electron chi connectivity index (χ2n) is 5.18. The van der Waals surface area contributed by atoms with E-state index in [1.54, 1.807) is 30.3 Å². The average Bonchev–Trinajstić information content (AvgIpc) is 2.46. The maximum Gasteiger partial charge on any atom is 0.196 e. The molecule has 0 radical (unpaired) electrons. The Balaban J connectivity index is 2.42. The van der Waals surface area contributed by atoms with Gasteiger partial charge in [-0.2, -0.15) is 0 Å². The summed E-state index contributed by atoms with van der Waals surface area (Å²) in [4.78, 5) is 12.4. The zero-order valence-corrected chi connectivity index (χ0v) is 12.1. The minimum Gasteiger partial charge on any atom is -0.508 e. The molecule has 2 rings (SSSR count). The summed E-state index contributed by atoms with van der Waals surface area (Å²) in [5.41, 5.74) is 2.45. The van der Waals surface area contributed by atoms with Crippen LogP contribution in [-0.4, -0.2) is 16.0 Å². The molecule has 0 bridgehead atoms. The fourth-order valence-corrected chi connectivity index (χ4v) is 2.03. The highest BCUT2D eigenvalue weighted by Crippen LogP contribution is 2.29. The molecule has 21 heavy (non-hydrogen) atoms. The van der Waals surface area contributed by atoms with Gasteiger partial charge in [0.2, 0.25) is 0 Å². The van der Waals surface area contributed by atoms with Crippen molar-refractivity contribution in [1.29, 1.82) is 0 Å². The van der Waals surface area contributed by atoms with Crippen LogP contribution in [0.2, 0.25) is 0 Å². The van der Waals surface area contributed by atoms with E-state index in [2.05, 4.69) is 0 Å². The van der Waals surface area contributed by atoms with Gasteiger partial charge in [0.1, 0.15) is 11.5 Å². The third-order valence-electron chi connectivity index (χ3n) is 3.21. The van der Waals surface area contributed by atoms with E-state index in [-0.39, 0.29) is 22.8 Å². The summed E-state index contributed by atoms with van der Waals surface area (Å²) in [5.74, 6) is -0.469. The SMILES string of the molecule is CC(C)=CCc1cc(C(=O)c2ccccc2)c(O)cc1O. The Bertz CT molecular complexity index is 681. The van der Waals surface area contributed by atoms with Crippen LogP contribution in [0.5, 0.6) is 11.5 Å². The Morgan fingerprint density at radius 2 is 1.71 bits per heavy atom. The number of hydrogen-bond donors (Lipinski definition) is 2. The molecule has 0 spiro atoms. The van der Waals surface area contributed by atoms with Crippen LogP contribution in [0.15, 0.2) is 54.1 Å². The van der Waals surface area contributed by atoms with Crippen LogP contribution < -0.4 is 0 Å². The first-order valence-electron chi connectivity index (χ1n) is 6.77. The van der Waals surface area contributed by atoms with E-state index < -0.39 is 0 Å². The predicted octanol–water partition coefficient (Wildman–Crippen LogP) is 3.84. The second-order valence-corrected chi connectivity index (χ2v) is 5.18. The number of phenolic OH excluding ortho intramolecular Hbond substituents is 2. The monoisotopic (exact) mass is 282 g/mol. The van der Waals surface area contributed by atoms with Crippen LogP contribution >= 0.6 is 0 Å². The lowest BCUT2D eigenvalue weighted by molar-refractivity contribution is 0.103. The summed E-state index contributed by atoms with van der Waals surface area (Å²) in [6.45, 7) is 3.93. The maximum atomic E-state index is 12.4. The number of hydrogen-bond acceptors (Lipinski definition) is 3. The lowest BCUT2D eigenvalue weighted by atomic mass is 9.98. The van der Waals surface area contributed by atoms with Crippen LogP contribution in [0.3, 0.4) is 0 Å². The number of carbonyl (C=O) groups excluding carboxylic acids is 1. The molecule has 2 N–H and O–H groups in total. The molecule has 0 saturated heterocycles. The molecule has 3 nitrogen and oxygen atoms in total. The third kappa shape index (κ3) is 3.51. The van der Waals surface area contributed by atoms with E-state index in [9.17, 15) is 15.0 Å². The molecule has 0 amide bonds. The zero-order valence-electron chi connectivity index (χ0n) is 12.1. The molecule has 0 saturated carbocycles. The molecule has 0 fully saturated rings. The van der Waals surface area contributed by atoms with Crippen LogP contribution in [0.25, 0.3) is 0 Å². The average molecular weight is 282 g/mol.